The summed E-state index contributed by atoms with van der Waals surface area (Å²) >= 11 is 23.4. The fourth-order valence-electron chi connectivity index (χ4n) is 2.56. The molecule has 0 radical (unpaired) electrons. The third kappa shape index (κ3) is 7.81. The average molecular weight is 507 g/mol. The van der Waals surface area contributed by atoms with Crippen LogP contribution in [0.15, 0.2) is 42.5 Å². The van der Waals surface area contributed by atoms with Crippen LogP contribution in [0.3, 0.4) is 0 Å². The molecule has 11 heteroatoms. The van der Waals surface area contributed by atoms with E-state index in [0.29, 0.717) is 28.5 Å². The van der Waals surface area contributed by atoms with E-state index in [2.05, 4.69) is 16.0 Å². The van der Waals surface area contributed by atoms with E-state index in [-0.39, 0.29) is 17.4 Å². The lowest BCUT2D eigenvalue weighted by Crippen LogP contribution is -2.56. The van der Waals surface area contributed by atoms with Crippen LogP contribution in [0.4, 0.5) is 5.69 Å². The molecular formula is C20H22Cl3N3O4S. The maximum Gasteiger partial charge on any atom is 0.228 e. The summed E-state index contributed by atoms with van der Waals surface area (Å²) < 4.78 is 13.7. The number of ether oxygens (including phenoxy) is 3. The number of amides is 1. The summed E-state index contributed by atoms with van der Waals surface area (Å²) in [6, 6.07) is 12.2. The summed E-state index contributed by atoms with van der Waals surface area (Å²) in [5.74, 6) is 1.38. The van der Waals surface area contributed by atoms with Gasteiger partial charge in [0.2, 0.25) is 9.70 Å². The van der Waals surface area contributed by atoms with Gasteiger partial charge in [-0.15, -0.1) is 0 Å². The largest absolute Gasteiger partial charge is 0.497 e. The molecule has 0 saturated heterocycles. The van der Waals surface area contributed by atoms with Crippen LogP contribution in [0.1, 0.15) is 5.56 Å². The van der Waals surface area contributed by atoms with Crippen LogP contribution in [0.5, 0.6) is 17.2 Å². The zero-order valence-corrected chi connectivity index (χ0v) is 20.1. The molecule has 1 amide bonds. The van der Waals surface area contributed by atoms with E-state index in [4.69, 9.17) is 61.2 Å². The average Bonchev–Trinajstić information content (AvgIpc) is 2.73. The zero-order valence-electron chi connectivity index (χ0n) is 17.0. The molecule has 7 nitrogen and oxygen atoms in total. The molecule has 2 aromatic carbocycles. The number of benzene rings is 2. The van der Waals surface area contributed by atoms with Crippen molar-refractivity contribution < 1.29 is 19.0 Å². The van der Waals surface area contributed by atoms with Crippen molar-refractivity contribution in [2.24, 2.45) is 0 Å². The first-order chi connectivity index (χ1) is 14.7. The van der Waals surface area contributed by atoms with E-state index in [1.807, 2.05) is 0 Å². The topological polar surface area (TPSA) is 80.9 Å². The molecule has 0 aromatic heterocycles. The monoisotopic (exact) mass is 505 g/mol. The quantitative estimate of drug-likeness (QED) is 0.283. The Morgan fingerprint density at radius 1 is 0.968 bits per heavy atom. The first kappa shape index (κ1) is 25.1. The van der Waals surface area contributed by atoms with Crippen molar-refractivity contribution in [3.8, 4) is 17.2 Å². The molecule has 31 heavy (non-hydrogen) atoms. The van der Waals surface area contributed by atoms with Crippen molar-refractivity contribution >= 4 is 63.7 Å². The van der Waals surface area contributed by atoms with E-state index in [1.165, 1.54) is 14.2 Å². The fourth-order valence-corrected chi connectivity index (χ4v) is 3.12. The van der Waals surface area contributed by atoms with Crippen LogP contribution >= 0.6 is 47.0 Å². The highest BCUT2D eigenvalue weighted by Crippen LogP contribution is 2.30. The van der Waals surface area contributed by atoms with Crippen LogP contribution in [-0.2, 0) is 11.2 Å². The molecule has 0 aliphatic heterocycles. The van der Waals surface area contributed by atoms with E-state index in [9.17, 15) is 4.79 Å². The first-order valence-corrected chi connectivity index (χ1v) is 10.5. The number of hydrogen-bond donors (Lipinski definition) is 3. The van der Waals surface area contributed by atoms with Crippen molar-refractivity contribution in [2.45, 2.75) is 16.4 Å². The van der Waals surface area contributed by atoms with Gasteiger partial charge in [0.1, 0.15) is 11.9 Å². The van der Waals surface area contributed by atoms with Gasteiger partial charge in [0.15, 0.2) is 16.6 Å². The van der Waals surface area contributed by atoms with Crippen molar-refractivity contribution in [1.82, 2.24) is 10.6 Å². The van der Waals surface area contributed by atoms with Crippen molar-refractivity contribution in [1.29, 1.82) is 0 Å². The summed E-state index contributed by atoms with van der Waals surface area (Å²) in [5, 5.41) is 8.56. The number of thiocarbonyl (C=S) groups is 1. The van der Waals surface area contributed by atoms with Gasteiger partial charge in [-0.25, -0.2) is 0 Å². The number of anilines is 1. The Bertz CT molecular complexity index is 908. The van der Waals surface area contributed by atoms with Gasteiger partial charge in [0, 0.05) is 5.69 Å². The highest BCUT2D eigenvalue weighted by molar-refractivity contribution is 7.80. The Kier molecular flexibility index (Phi) is 9.31. The van der Waals surface area contributed by atoms with Gasteiger partial charge < -0.3 is 30.2 Å². The molecule has 0 spiro atoms. The summed E-state index contributed by atoms with van der Waals surface area (Å²) in [7, 11) is 4.62. The minimum atomic E-state index is -1.86. The summed E-state index contributed by atoms with van der Waals surface area (Å²) in [6.45, 7) is 0. The fraction of sp³-hybridized carbons (Fsp3) is 0.300. The molecule has 0 fully saturated rings. The normalized spacial score (nSPS) is 11.8. The number of methoxy groups -OCH3 is 3. The number of rotatable bonds is 8. The smallest absolute Gasteiger partial charge is 0.228 e. The Morgan fingerprint density at radius 3 is 2.16 bits per heavy atom. The SMILES string of the molecule is COc1ccc(NC(=S)N[C@H](NC(=O)Cc2ccc(OC)c(OC)c2)C(Cl)(Cl)Cl)cc1. The van der Waals surface area contributed by atoms with Crippen molar-refractivity contribution in [3.63, 3.8) is 0 Å². The first-order valence-electron chi connectivity index (χ1n) is 8.94. The lowest BCUT2D eigenvalue weighted by molar-refractivity contribution is -0.121. The lowest BCUT2D eigenvalue weighted by Gasteiger charge is -2.28. The Balaban J connectivity index is 2.01. The molecule has 0 unspecified atom stereocenters. The number of hydrogen-bond acceptors (Lipinski definition) is 5. The maximum atomic E-state index is 12.6. The minimum Gasteiger partial charge on any atom is -0.497 e. The van der Waals surface area contributed by atoms with Gasteiger partial charge >= 0.3 is 0 Å². The highest BCUT2D eigenvalue weighted by Gasteiger charge is 2.34. The van der Waals surface area contributed by atoms with Crippen LogP contribution in [0, 0.1) is 0 Å². The molecule has 0 aliphatic rings. The number of carbonyl (C=O) groups excluding carboxylic acids is 1. The minimum absolute atomic E-state index is 0.0257. The van der Waals surface area contributed by atoms with Gasteiger partial charge in [0.05, 0.1) is 27.8 Å². The van der Waals surface area contributed by atoms with Crippen molar-refractivity contribution in [3.05, 3.63) is 48.0 Å². The number of halogens is 3. The van der Waals surface area contributed by atoms with Crippen LogP contribution in [0.2, 0.25) is 0 Å². The van der Waals surface area contributed by atoms with E-state index < -0.39 is 9.96 Å². The van der Waals surface area contributed by atoms with Gasteiger partial charge in [-0.05, 0) is 54.2 Å². The Hall–Kier alpha value is -2.13. The second kappa shape index (κ2) is 11.5. The molecule has 0 saturated carbocycles. The highest BCUT2D eigenvalue weighted by atomic mass is 35.6. The molecule has 0 heterocycles. The summed E-state index contributed by atoms with van der Waals surface area (Å²) in [4.78, 5) is 12.6. The molecule has 168 valence electrons. The summed E-state index contributed by atoms with van der Waals surface area (Å²) in [6.07, 6.45) is -1.05. The predicted molar refractivity (Wildman–Crippen MR) is 128 cm³/mol. The maximum absolute atomic E-state index is 12.6. The molecule has 2 aromatic rings. The van der Waals surface area contributed by atoms with Gasteiger partial charge in [-0.1, -0.05) is 40.9 Å². The molecule has 3 N–H and O–H groups in total. The third-order valence-corrected chi connectivity index (χ3v) is 4.94. The second-order valence-electron chi connectivity index (χ2n) is 6.24. The molecular weight excluding hydrogens is 485 g/mol. The number of nitrogens with one attached hydrogen (secondary N) is 3. The van der Waals surface area contributed by atoms with E-state index >= 15 is 0 Å². The Labute approximate surface area is 201 Å². The number of alkyl halides is 3. The predicted octanol–water partition coefficient (Wildman–Crippen LogP) is 4.05. The Morgan fingerprint density at radius 2 is 1.61 bits per heavy atom. The van der Waals surface area contributed by atoms with Gasteiger partial charge in [0.25, 0.3) is 0 Å². The van der Waals surface area contributed by atoms with Crippen molar-refractivity contribution in [2.75, 3.05) is 26.6 Å². The standard InChI is InChI=1S/C20H22Cl3N3O4S/c1-28-14-7-5-13(6-8-14)24-19(31)26-18(20(21,22)23)25-17(27)11-12-4-9-15(29-2)16(10-12)30-3/h4-10,18H,11H2,1-3H3,(H,25,27)(H2,24,26,31)/t18-/m0/s1. The molecule has 0 bridgehead atoms. The molecule has 0 aliphatic carbocycles. The molecule has 2 rings (SSSR count). The van der Waals surface area contributed by atoms with E-state index in [0.717, 1.165) is 0 Å². The van der Waals surface area contributed by atoms with E-state index in [1.54, 1.807) is 49.6 Å². The van der Waals surface area contributed by atoms with Crippen LogP contribution in [-0.4, -0.2) is 42.3 Å². The number of carbonyl (C=O) groups is 1. The zero-order chi connectivity index (χ0) is 23.0. The van der Waals surface area contributed by atoms with Crippen LogP contribution in [0.25, 0.3) is 0 Å². The summed E-state index contributed by atoms with van der Waals surface area (Å²) in [5.41, 5.74) is 1.38. The van der Waals surface area contributed by atoms with Gasteiger partial charge in [-0.3, -0.25) is 4.79 Å². The third-order valence-electron chi connectivity index (χ3n) is 4.07. The second-order valence-corrected chi connectivity index (χ2v) is 9.01. The van der Waals surface area contributed by atoms with Gasteiger partial charge in [-0.2, -0.15) is 0 Å². The molecule has 1 atom stereocenters. The van der Waals surface area contributed by atoms with Crippen LogP contribution < -0.4 is 30.2 Å². The lowest BCUT2D eigenvalue weighted by atomic mass is 10.1.